The highest BCUT2D eigenvalue weighted by molar-refractivity contribution is 6.27. The van der Waals surface area contributed by atoms with Gasteiger partial charge in [0.25, 0.3) is 0 Å². The number of aromatic nitrogens is 2. The summed E-state index contributed by atoms with van der Waals surface area (Å²) in [4.78, 5) is 31.5. The van der Waals surface area contributed by atoms with Crippen molar-refractivity contribution in [2.45, 2.75) is 19.4 Å². The number of aryl methyl sites for hydroxylation is 1. The largest absolute Gasteiger partial charge is 0.344 e. The van der Waals surface area contributed by atoms with Crippen molar-refractivity contribution in [2.24, 2.45) is 0 Å². The molecule has 1 aliphatic carbocycles. The molecule has 0 atom stereocenters. The van der Waals surface area contributed by atoms with Crippen molar-refractivity contribution in [3.63, 3.8) is 0 Å². The number of hydrogen-bond donors (Lipinski definition) is 0. The van der Waals surface area contributed by atoms with E-state index in [2.05, 4.69) is 9.88 Å². The van der Waals surface area contributed by atoms with Gasteiger partial charge in [0.1, 0.15) is 5.69 Å². The van der Waals surface area contributed by atoms with Crippen LogP contribution in [-0.4, -0.2) is 45.7 Å². The third kappa shape index (κ3) is 2.18. The van der Waals surface area contributed by atoms with Gasteiger partial charge in [0.2, 0.25) is 5.78 Å². The van der Waals surface area contributed by atoms with Gasteiger partial charge >= 0.3 is 0 Å². The molecule has 0 spiro atoms. The van der Waals surface area contributed by atoms with Gasteiger partial charge in [-0.05, 0) is 31.5 Å². The number of carbonyl (C=O) groups excluding carboxylic acids is 2. The van der Waals surface area contributed by atoms with Crippen LogP contribution in [0.15, 0.2) is 30.7 Å². The lowest BCUT2D eigenvalue weighted by atomic mass is 9.89. The first-order valence-electron chi connectivity index (χ1n) is 7.70. The summed E-state index contributed by atoms with van der Waals surface area (Å²) in [5, 5.41) is 0. The Morgan fingerprint density at radius 3 is 2.59 bits per heavy atom. The Bertz CT molecular complexity index is 759. The van der Waals surface area contributed by atoms with Gasteiger partial charge in [-0.15, -0.1) is 0 Å². The van der Waals surface area contributed by atoms with Gasteiger partial charge in [-0.3, -0.25) is 14.6 Å². The van der Waals surface area contributed by atoms with Gasteiger partial charge in [-0.1, -0.05) is 0 Å². The molecule has 5 nitrogen and oxygen atoms in total. The summed E-state index contributed by atoms with van der Waals surface area (Å²) >= 11 is 0. The normalized spacial score (nSPS) is 16.5. The first-order chi connectivity index (χ1) is 10.8. The van der Waals surface area contributed by atoms with E-state index >= 15 is 0 Å². The summed E-state index contributed by atoms with van der Waals surface area (Å²) in [5.41, 5.74) is 1.93. The molecule has 2 aromatic heterocycles. The minimum Gasteiger partial charge on any atom is -0.344 e. The van der Waals surface area contributed by atoms with Gasteiger partial charge in [-0.2, -0.15) is 0 Å². The van der Waals surface area contributed by atoms with Crippen LogP contribution in [0.1, 0.15) is 44.8 Å². The number of pyridine rings is 1. The first kappa shape index (κ1) is 13.4. The second-order valence-electron chi connectivity index (χ2n) is 5.90. The lowest BCUT2D eigenvalue weighted by Gasteiger charge is -2.16. The smallest absolute Gasteiger partial charge is 0.212 e. The maximum Gasteiger partial charge on any atom is 0.212 e. The lowest BCUT2D eigenvalue weighted by Crippen LogP contribution is -2.23. The monoisotopic (exact) mass is 295 g/mol. The molecule has 112 valence electrons. The molecule has 0 amide bonds. The predicted octanol–water partition coefficient (Wildman–Crippen LogP) is 1.75. The van der Waals surface area contributed by atoms with Gasteiger partial charge in [-0.25, -0.2) is 0 Å². The summed E-state index contributed by atoms with van der Waals surface area (Å²) in [6.45, 7) is 4.34. The third-order valence-electron chi connectivity index (χ3n) is 4.40. The van der Waals surface area contributed by atoms with Crippen LogP contribution in [0.25, 0.3) is 0 Å². The maximum atomic E-state index is 12.7. The number of nitrogens with zero attached hydrogens (tertiary/aromatic N) is 3. The van der Waals surface area contributed by atoms with E-state index in [0.717, 1.165) is 25.9 Å². The average molecular weight is 295 g/mol. The Labute approximate surface area is 128 Å². The van der Waals surface area contributed by atoms with Gasteiger partial charge in [0.05, 0.1) is 11.1 Å². The van der Waals surface area contributed by atoms with Gasteiger partial charge < -0.3 is 9.47 Å². The van der Waals surface area contributed by atoms with E-state index in [4.69, 9.17) is 0 Å². The SMILES string of the molecule is O=C1c2ccncc2C(=O)c2c1ccn2CCCCN1CC1. The van der Waals surface area contributed by atoms with Crippen molar-refractivity contribution in [3.05, 3.63) is 53.1 Å². The molecule has 0 bridgehead atoms. The highest BCUT2D eigenvalue weighted by Crippen LogP contribution is 2.27. The molecule has 5 heteroatoms. The first-order valence-corrected chi connectivity index (χ1v) is 7.70. The Hall–Kier alpha value is -2.27. The Morgan fingerprint density at radius 2 is 1.77 bits per heavy atom. The Morgan fingerprint density at radius 1 is 0.955 bits per heavy atom. The van der Waals surface area contributed by atoms with Crippen LogP contribution in [0, 0.1) is 0 Å². The fourth-order valence-electron chi connectivity index (χ4n) is 3.05. The standard InChI is InChI=1S/C17H17N3O2/c21-16-12-3-5-18-11-14(12)17(22)15-13(16)4-8-20(15)7-2-1-6-19-9-10-19/h3-5,8,11H,1-2,6-7,9-10H2. The zero-order valence-corrected chi connectivity index (χ0v) is 12.3. The molecule has 0 saturated carbocycles. The Kier molecular flexibility index (Phi) is 3.15. The summed E-state index contributed by atoms with van der Waals surface area (Å²) in [6.07, 6.45) is 7.04. The minimum absolute atomic E-state index is 0.0742. The number of rotatable bonds is 5. The van der Waals surface area contributed by atoms with Crippen molar-refractivity contribution >= 4 is 11.6 Å². The minimum atomic E-state index is -0.0892. The average Bonchev–Trinajstić information content (AvgIpc) is 3.27. The van der Waals surface area contributed by atoms with E-state index in [0.29, 0.717) is 22.4 Å². The van der Waals surface area contributed by atoms with Crippen molar-refractivity contribution in [3.8, 4) is 0 Å². The molecule has 0 aromatic carbocycles. The molecule has 22 heavy (non-hydrogen) atoms. The molecular weight excluding hydrogens is 278 g/mol. The molecule has 0 unspecified atom stereocenters. The van der Waals surface area contributed by atoms with E-state index < -0.39 is 0 Å². The summed E-state index contributed by atoms with van der Waals surface area (Å²) in [5.74, 6) is -0.163. The Balaban J connectivity index is 1.58. The lowest BCUT2D eigenvalue weighted by molar-refractivity contribution is 0.0973. The third-order valence-corrected chi connectivity index (χ3v) is 4.40. The van der Waals surface area contributed by atoms with E-state index in [1.54, 1.807) is 18.3 Å². The molecule has 2 aliphatic rings. The molecule has 1 aliphatic heterocycles. The number of hydrogen-bond acceptors (Lipinski definition) is 4. The molecule has 1 saturated heterocycles. The van der Waals surface area contributed by atoms with Gasteiger partial charge in [0.15, 0.2) is 5.78 Å². The quantitative estimate of drug-likeness (QED) is 0.531. The summed E-state index contributed by atoms with van der Waals surface area (Å²) in [6, 6.07) is 3.39. The second-order valence-corrected chi connectivity index (χ2v) is 5.90. The van der Waals surface area contributed by atoms with Crippen molar-refractivity contribution in [1.29, 1.82) is 0 Å². The fraction of sp³-hybridized carbons (Fsp3) is 0.353. The van der Waals surface area contributed by atoms with Crippen molar-refractivity contribution < 1.29 is 9.59 Å². The van der Waals surface area contributed by atoms with E-state index in [-0.39, 0.29) is 11.6 Å². The summed E-state index contributed by atoms with van der Waals surface area (Å²) < 4.78 is 1.92. The van der Waals surface area contributed by atoms with Crippen LogP contribution >= 0.6 is 0 Å². The highest BCUT2D eigenvalue weighted by Gasteiger charge is 2.32. The molecule has 4 rings (SSSR count). The van der Waals surface area contributed by atoms with Crippen LogP contribution in [0.2, 0.25) is 0 Å². The molecular formula is C17H17N3O2. The molecule has 0 N–H and O–H groups in total. The highest BCUT2D eigenvalue weighted by atomic mass is 16.1. The molecule has 2 aromatic rings. The van der Waals surface area contributed by atoms with E-state index in [9.17, 15) is 9.59 Å². The van der Waals surface area contributed by atoms with Crippen LogP contribution in [0.5, 0.6) is 0 Å². The molecule has 1 fully saturated rings. The number of carbonyl (C=O) groups is 2. The molecule has 0 radical (unpaired) electrons. The topological polar surface area (TPSA) is 55.0 Å². The maximum absolute atomic E-state index is 12.7. The second kappa shape index (κ2) is 5.18. The number of ketones is 2. The summed E-state index contributed by atoms with van der Waals surface area (Å²) in [7, 11) is 0. The van der Waals surface area contributed by atoms with Crippen molar-refractivity contribution in [2.75, 3.05) is 19.6 Å². The van der Waals surface area contributed by atoms with Crippen LogP contribution in [0.3, 0.4) is 0 Å². The van der Waals surface area contributed by atoms with Crippen molar-refractivity contribution in [1.82, 2.24) is 14.5 Å². The van der Waals surface area contributed by atoms with Crippen LogP contribution < -0.4 is 0 Å². The van der Waals surface area contributed by atoms with E-state index in [1.165, 1.54) is 19.3 Å². The molecule has 3 heterocycles. The number of unbranched alkanes of at least 4 members (excludes halogenated alkanes) is 1. The predicted molar refractivity (Wildman–Crippen MR) is 81.2 cm³/mol. The fourth-order valence-corrected chi connectivity index (χ4v) is 3.05. The van der Waals surface area contributed by atoms with Crippen LogP contribution in [-0.2, 0) is 6.54 Å². The zero-order valence-electron chi connectivity index (χ0n) is 12.3. The number of fused-ring (bicyclic) bond motifs is 2. The van der Waals surface area contributed by atoms with Crippen LogP contribution in [0.4, 0.5) is 0 Å². The van der Waals surface area contributed by atoms with E-state index in [1.807, 2.05) is 10.8 Å². The van der Waals surface area contributed by atoms with Gasteiger partial charge in [0, 0.05) is 43.8 Å². The zero-order chi connectivity index (χ0) is 15.1.